The molecule has 0 saturated heterocycles. The van der Waals surface area contributed by atoms with E-state index in [1.807, 2.05) is 25.1 Å². The second-order valence-electron chi connectivity index (χ2n) is 4.20. The number of rotatable bonds is 1. The van der Waals surface area contributed by atoms with Crippen molar-refractivity contribution < 1.29 is 4.42 Å². The molecule has 0 aliphatic rings. The van der Waals surface area contributed by atoms with Gasteiger partial charge in [-0.2, -0.15) is 0 Å². The zero-order valence-corrected chi connectivity index (χ0v) is 10.2. The third-order valence-electron chi connectivity index (χ3n) is 2.84. The highest BCUT2D eigenvalue weighted by molar-refractivity contribution is 5.74. The first kappa shape index (κ1) is 11.4. The highest BCUT2D eigenvalue weighted by Gasteiger charge is 2.11. The van der Waals surface area contributed by atoms with Crippen LogP contribution in [0.15, 0.2) is 56.6 Å². The number of aryl methyl sites for hydroxylation is 1. The number of hydrogen-bond acceptors (Lipinski definition) is 4. The highest BCUT2D eigenvalue weighted by atomic mass is 16.4. The smallest absolute Gasteiger partial charge is 0.372 e. The average Bonchev–Trinajstić information content (AvgIpc) is 2.39. The van der Waals surface area contributed by atoms with Crippen LogP contribution in [0.25, 0.3) is 16.7 Å². The Bertz CT molecular complexity index is 877. The Labute approximate surface area is 107 Å². The van der Waals surface area contributed by atoms with Gasteiger partial charge < -0.3 is 4.42 Å². The van der Waals surface area contributed by atoms with Crippen LogP contribution in [0.2, 0.25) is 0 Å². The van der Waals surface area contributed by atoms with Gasteiger partial charge in [0.05, 0.1) is 5.69 Å². The zero-order chi connectivity index (χ0) is 13.4. The van der Waals surface area contributed by atoms with Gasteiger partial charge in [-0.05, 0) is 36.8 Å². The summed E-state index contributed by atoms with van der Waals surface area (Å²) < 4.78 is 6.02. The van der Waals surface area contributed by atoms with Crippen LogP contribution in [0, 0.1) is 6.92 Å². The Hall–Kier alpha value is -2.69. The standard InChI is InChI=1S/C14H10N2O3/c1-9-4-2-5-10(8-9)16-12-11(6-3-7-15-12)13(17)19-14(16)18/h2-8H,1H3. The van der Waals surface area contributed by atoms with E-state index in [0.29, 0.717) is 11.3 Å². The van der Waals surface area contributed by atoms with E-state index in [1.54, 1.807) is 18.2 Å². The Morgan fingerprint density at radius 3 is 2.79 bits per heavy atom. The molecule has 0 fully saturated rings. The molecule has 0 aliphatic carbocycles. The maximum Gasteiger partial charge on any atom is 0.428 e. The maximum absolute atomic E-state index is 11.9. The summed E-state index contributed by atoms with van der Waals surface area (Å²) in [6, 6.07) is 10.6. The molecule has 0 aliphatic heterocycles. The summed E-state index contributed by atoms with van der Waals surface area (Å²) in [6.07, 6.45) is 1.54. The zero-order valence-electron chi connectivity index (χ0n) is 10.2. The van der Waals surface area contributed by atoms with E-state index in [1.165, 1.54) is 10.8 Å². The lowest BCUT2D eigenvalue weighted by molar-refractivity contribution is 0.443. The molecule has 0 atom stereocenters. The maximum atomic E-state index is 11.9. The summed E-state index contributed by atoms with van der Waals surface area (Å²) in [5, 5.41) is 0.281. The van der Waals surface area contributed by atoms with E-state index in [9.17, 15) is 9.59 Å². The summed E-state index contributed by atoms with van der Waals surface area (Å²) in [6.45, 7) is 1.92. The van der Waals surface area contributed by atoms with Crippen molar-refractivity contribution in [3.05, 3.63) is 69.1 Å². The first-order chi connectivity index (χ1) is 9.16. The number of hydrogen-bond donors (Lipinski definition) is 0. The molecule has 19 heavy (non-hydrogen) atoms. The summed E-state index contributed by atoms with van der Waals surface area (Å²) in [4.78, 5) is 27.7. The molecule has 3 aromatic rings. The predicted molar refractivity (Wildman–Crippen MR) is 70.6 cm³/mol. The Balaban J connectivity index is 2.48. The molecule has 1 aromatic carbocycles. The fourth-order valence-electron chi connectivity index (χ4n) is 2.00. The van der Waals surface area contributed by atoms with Gasteiger partial charge in [-0.3, -0.25) is 0 Å². The SMILES string of the molecule is Cc1cccc(-n2c(=O)oc(=O)c3cccnc32)c1. The van der Waals surface area contributed by atoms with Gasteiger partial charge in [0.25, 0.3) is 0 Å². The van der Waals surface area contributed by atoms with Crippen LogP contribution in [0.1, 0.15) is 5.56 Å². The van der Waals surface area contributed by atoms with Gasteiger partial charge in [-0.1, -0.05) is 12.1 Å². The predicted octanol–water partition coefficient (Wildman–Crippen LogP) is 1.65. The van der Waals surface area contributed by atoms with Gasteiger partial charge in [0, 0.05) is 6.20 Å². The number of pyridine rings is 1. The number of benzene rings is 1. The van der Waals surface area contributed by atoms with Crippen LogP contribution < -0.4 is 11.4 Å². The van der Waals surface area contributed by atoms with Crippen molar-refractivity contribution in [1.82, 2.24) is 9.55 Å². The van der Waals surface area contributed by atoms with Crippen molar-refractivity contribution in [3.8, 4) is 5.69 Å². The van der Waals surface area contributed by atoms with Crippen LogP contribution in [0.4, 0.5) is 0 Å². The van der Waals surface area contributed by atoms with Crippen LogP contribution in [-0.4, -0.2) is 9.55 Å². The summed E-state index contributed by atoms with van der Waals surface area (Å²) >= 11 is 0. The van der Waals surface area contributed by atoms with Crippen molar-refractivity contribution >= 4 is 11.0 Å². The lowest BCUT2D eigenvalue weighted by Gasteiger charge is -2.07. The van der Waals surface area contributed by atoms with Crippen molar-refractivity contribution in [2.75, 3.05) is 0 Å². The first-order valence-corrected chi connectivity index (χ1v) is 5.75. The van der Waals surface area contributed by atoms with Gasteiger partial charge in [0.15, 0.2) is 5.65 Å². The molecule has 5 nitrogen and oxygen atoms in total. The largest absolute Gasteiger partial charge is 0.428 e. The molecule has 5 heteroatoms. The van der Waals surface area contributed by atoms with Crippen LogP contribution >= 0.6 is 0 Å². The monoisotopic (exact) mass is 254 g/mol. The molecule has 2 aromatic heterocycles. The first-order valence-electron chi connectivity index (χ1n) is 5.75. The second-order valence-corrected chi connectivity index (χ2v) is 4.20. The Morgan fingerprint density at radius 2 is 2.00 bits per heavy atom. The van der Waals surface area contributed by atoms with E-state index in [-0.39, 0.29) is 5.39 Å². The molecule has 2 heterocycles. The molecule has 0 bridgehead atoms. The van der Waals surface area contributed by atoms with E-state index in [2.05, 4.69) is 4.98 Å². The molecule has 0 amide bonds. The number of fused-ring (bicyclic) bond motifs is 1. The molecular weight excluding hydrogens is 244 g/mol. The van der Waals surface area contributed by atoms with Crippen LogP contribution in [0.5, 0.6) is 0 Å². The molecule has 0 N–H and O–H groups in total. The summed E-state index contributed by atoms with van der Waals surface area (Å²) in [5.41, 5.74) is 1.25. The Kier molecular flexibility index (Phi) is 2.52. The van der Waals surface area contributed by atoms with E-state index in [4.69, 9.17) is 4.42 Å². The van der Waals surface area contributed by atoms with Crippen molar-refractivity contribution in [2.24, 2.45) is 0 Å². The normalized spacial score (nSPS) is 10.8. The van der Waals surface area contributed by atoms with Gasteiger partial charge in [0.2, 0.25) is 0 Å². The van der Waals surface area contributed by atoms with Gasteiger partial charge in [-0.15, -0.1) is 0 Å². The summed E-state index contributed by atoms with van der Waals surface area (Å²) in [5.74, 6) is -0.734. The average molecular weight is 254 g/mol. The molecule has 3 rings (SSSR count). The van der Waals surface area contributed by atoms with Crippen LogP contribution in [0.3, 0.4) is 0 Å². The lowest BCUT2D eigenvalue weighted by atomic mass is 10.2. The second kappa shape index (κ2) is 4.20. The van der Waals surface area contributed by atoms with E-state index < -0.39 is 11.4 Å². The number of nitrogens with zero attached hydrogens (tertiary/aromatic N) is 2. The topological polar surface area (TPSA) is 65.1 Å². The molecule has 0 spiro atoms. The molecule has 0 unspecified atom stereocenters. The summed E-state index contributed by atoms with van der Waals surface area (Å²) in [7, 11) is 0. The molecule has 94 valence electrons. The number of aromatic nitrogens is 2. The molecule has 0 saturated carbocycles. The fourth-order valence-corrected chi connectivity index (χ4v) is 2.00. The highest BCUT2D eigenvalue weighted by Crippen LogP contribution is 2.12. The third kappa shape index (κ3) is 1.85. The quantitative estimate of drug-likeness (QED) is 0.662. The molecular formula is C14H10N2O3. The van der Waals surface area contributed by atoms with Gasteiger partial charge in [-0.25, -0.2) is 19.1 Å². The minimum Gasteiger partial charge on any atom is -0.372 e. The van der Waals surface area contributed by atoms with Gasteiger partial charge in [0.1, 0.15) is 5.39 Å². The van der Waals surface area contributed by atoms with Crippen molar-refractivity contribution in [2.45, 2.75) is 6.92 Å². The Morgan fingerprint density at radius 1 is 1.16 bits per heavy atom. The third-order valence-corrected chi connectivity index (χ3v) is 2.84. The van der Waals surface area contributed by atoms with Crippen molar-refractivity contribution in [1.29, 1.82) is 0 Å². The molecule has 0 radical (unpaired) electrons. The van der Waals surface area contributed by atoms with Gasteiger partial charge >= 0.3 is 11.4 Å². The minimum atomic E-state index is -0.734. The lowest BCUT2D eigenvalue weighted by Crippen LogP contribution is -2.24. The fraction of sp³-hybridized carbons (Fsp3) is 0.0714. The van der Waals surface area contributed by atoms with E-state index >= 15 is 0 Å². The van der Waals surface area contributed by atoms with E-state index in [0.717, 1.165) is 5.56 Å². The van der Waals surface area contributed by atoms with Crippen LogP contribution in [-0.2, 0) is 0 Å². The minimum absolute atomic E-state index is 0.281. The van der Waals surface area contributed by atoms with Crippen molar-refractivity contribution in [3.63, 3.8) is 0 Å².